The van der Waals surface area contributed by atoms with Crippen LogP contribution in [-0.2, 0) is 10.3 Å². The first-order valence-corrected chi connectivity index (χ1v) is 9.20. The zero-order valence-corrected chi connectivity index (χ0v) is 17.0. The van der Waals surface area contributed by atoms with Gasteiger partial charge >= 0.3 is 0 Å². The van der Waals surface area contributed by atoms with E-state index in [1.165, 1.54) is 17.0 Å². The molecule has 3 rings (SSSR count). The van der Waals surface area contributed by atoms with Crippen molar-refractivity contribution in [1.29, 1.82) is 0 Å². The van der Waals surface area contributed by atoms with Crippen LogP contribution in [0.3, 0.4) is 0 Å². The number of guanidine groups is 1. The number of allylic oxidation sites excluding steroid dienone is 2. The molecular weight excluding hydrogens is 365 g/mol. The fraction of sp³-hybridized carbons (Fsp3) is 0.167. The Morgan fingerprint density at radius 1 is 1.17 bits per heavy atom. The van der Waals surface area contributed by atoms with E-state index in [1.807, 2.05) is 44.2 Å². The number of aliphatic imine (C=N–C) groups is 1. The van der Waals surface area contributed by atoms with Gasteiger partial charge in [0.15, 0.2) is 11.5 Å². The highest BCUT2D eigenvalue weighted by Gasteiger charge is 2.49. The molecule has 0 fully saturated rings. The third-order valence-electron chi connectivity index (χ3n) is 4.51. The zero-order valence-electron chi connectivity index (χ0n) is 17.0. The first kappa shape index (κ1) is 21.8. The van der Waals surface area contributed by atoms with Crippen LogP contribution in [0.5, 0.6) is 0 Å². The van der Waals surface area contributed by atoms with E-state index in [-0.39, 0.29) is 17.7 Å². The molecule has 2 aromatic carbocycles. The van der Waals surface area contributed by atoms with Crippen molar-refractivity contribution < 1.29 is 9.18 Å². The van der Waals surface area contributed by atoms with E-state index in [9.17, 15) is 9.18 Å². The lowest BCUT2D eigenvalue weighted by Crippen LogP contribution is -2.41. The fourth-order valence-corrected chi connectivity index (χ4v) is 3.14. The van der Waals surface area contributed by atoms with Crippen molar-refractivity contribution in [1.82, 2.24) is 4.90 Å². The van der Waals surface area contributed by atoms with Crippen molar-refractivity contribution in [3.63, 3.8) is 0 Å². The molecule has 1 amide bonds. The molecular formula is C24H26FN3O. The number of halogens is 1. The summed E-state index contributed by atoms with van der Waals surface area (Å²) >= 11 is 0. The summed E-state index contributed by atoms with van der Waals surface area (Å²) in [5, 5.41) is 0. The third kappa shape index (κ3) is 4.19. The Morgan fingerprint density at radius 2 is 1.76 bits per heavy atom. The summed E-state index contributed by atoms with van der Waals surface area (Å²) in [6.45, 7) is 11.1. The smallest absolute Gasteiger partial charge is 0.266 e. The highest BCUT2D eigenvalue weighted by molar-refractivity contribution is 6.09. The molecule has 0 spiro atoms. The van der Waals surface area contributed by atoms with Crippen molar-refractivity contribution in [3.05, 3.63) is 96.9 Å². The van der Waals surface area contributed by atoms with E-state index < -0.39 is 5.54 Å². The van der Waals surface area contributed by atoms with Crippen molar-refractivity contribution in [2.45, 2.75) is 19.4 Å². The van der Waals surface area contributed by atoms with Gasteiger partial charge < -0.3 is 5.73 Å². The molecule has 0 saturated carbocycles. The normalized spacial score (nSPS) is 18.3. The molecule has 5 heteroatoms. The second kappa shape index (κ2) is 9.15. The monoisotopic (exact) mass is 391 g/mol. The van der Waals surface area contributed by atoms with Gasteiger partial charge in [0, 0.05) is 7.05 Å². The quantitative estimate of drug-likeness (QED) is 0.601. The van der Waals surface area contributed by atoms with Gasteiger partial charge in [0.1, 0.15) is 5.82 Å². The minimum Gasteiger partial charge on any atom is -0.369 e. The van der Waals surface area contributed by atoms with Crippen LogP contribution in [0.4, 0.5) is 4.39 Å². The fourth-order valence-electron chi connectivity index (χ4n) is 3.14. The molecule has 0 radical (unpaired) electrons. The summed E-state index contributed by atoms with van der Waals surface area (Å²) < 4.78 is 13.6. The number of rotatable bonds is 4. The molecule has 0 bridgehead atoms. The second-order valence-corrected chi connectivity index (χ2v) is 6.57. The lowest BCUT2D eigenvalue weighted by atomic mass is 9.82. The van der Waals surface area contributed by atoms with Crippen LogP contribution in [0.1, 0.15) is 19.4 Å². The van der Waals surface area contributed by atoms with Gasteiger partial charge in [0.25, 0.3) is 5.91 Å². The number of likely N-dealkylation sites (N-methyl/N-ethyl adjacent to an activating group) is 1. The number of nitrogens with two attached hydrogens (primary N) is 1. The summed E-state index contributed by atoms with van der Waals surface area (Å²) in [6, 6.07) is 13.6. The van der Waals surface area contributed by atoms with E-state index >= 15 is 0 Å². The van der Waals surface area contributed by atoms with Gasteiger partial charge in [-0.2, -0.15) is 0 Å². The third-order valence-corrected chi connectivity index (χ3v) is 4.51. The standard InChI is InChI=1S/C21H20FN3O.C3H6/c1-4-7-14(2)21(19(26)25(3)20(23)24-21)17-10-5-8-15(12-17)16-9-6-11-18(22)13-16;1-3-2/h4-13H,2H2,1,3H3,(H2,23,24);3H,1H2,2H3/b7-4-;. The molecule has 150 valence electrons. The largest absolute Gasteiger partial charge is 0.369 e. The summed E-state index contributed by atoms with van der Waals surface area (Å²) in [5.41, 5.74) is 7.27. The Kier molecular flexibility index (Phi) is 6.89. The molecule has 29 heavy (non-hydrogen) atoms. The highest BCUT2D eigenvalue weighted by Crippen LogP contribution is 2.40. The molecule has 1 unspecified atom stereocenters. The number of benzene rings is 2. The van der Waals surface area contributed by atoms with Crippen LogP contribution >= 0.6 is 0 Å². The van der Waals surface area contributed by atoms with E-state index in [0.29, 0.717) is 11.1 Å². The second-order valence-electron chi connectivity index (χ2n) is 6.57. The number of hydrogen-bond donors (Lipinski definition) is 1. The van der Waals surface area contributed by atoms with Gasteiger partial charge in [-0.25, -0.2) is 9.38 Å². The van der Waals surface area contributed by atoms with Crippen LogP contribution in [0.25, 0.3) is 11.1 Å². The molecule has 1 heterocycles. The van der Waals surface area contributed by atoms with Crippen LogP contribution in [0.15, 0.2) is 90.5 Å². The van der Waals surface area contributed by atoms with Crippen molar-refractivity contribution in [2.75, 3.05) is 7.05 Å². The first-order chi connectivity index (χ1) is 13.8. The summed E-state index contributed by atoms with van der Waals surface area (Å²) in [5.74, 6) is -0.453. The maximum absolute atomic E-state index is 13.6. The van der Waals surface area contributed by atoms with Gasteiger partial charge in [-0.05, 0) is 54.3 Å². The Balaban J connectivity index is 0.000000941. The number of carbonyl (C=O) groups excluding carboxylic acids is 1. The molecule has 1 atom stereocenters. The molecule has 2 aromatic rings. The number of nitrogens with zero attached hydrogens (tertiary/aromatic N) is 2. The topological polar surface area (TPSA) is 58.7 Å². The average Bonchev–Trinajstić information content (AvgIpc) is 2.94. The van der Waals surface area contributed by atoms with Crippen LogP contribution < -0.4 is 5.73 Å². The molecule has 0 aliphatic carbocycles. The molecule has 1 aliphatic rings. The van der Waals surface area contributed by atoms with Crippen molar-refractivity contribution >= 4 is 11.9 Å². The highest BCUT2D eigenvalue weighted by atomic mass is 19.1. The lowest BCUT2D eigenvalue weighted by Gasteiger charge is -2.26. The van der Waals surface area contributed by atoms with Gasteiger partial charge in [-0.15, -0.1) is 6.58 Å². The van der Waals surface area contributed by atoms with Gasteiger partial charge in [0.2, 0.25) is 0 Å². The molecule has 0 saturated heterocycles. The van der Waals surface area contributed by atoms with Gasteiger partial charge in [-0.3, -0.25) is 9.69 Å². The SMILES string of the molecule is C=C(/C=C\C)C1(c2cccc(-c3cccc(F)c3)c2)N=C(N)N(C)C1=O.C=CC. The van der Waals surface area contributed by atoms with Gasteiger partial charge in [-0.1, -0.05) is 55.1 Å². The van der Waals surface area contributed by atoms with Crippen LogP contribution in [0, 0.1) is 5.82 Å². The minimum absolute atomic E-state index is 0.136. The van der Waals surface area contributed by atoms with E-state index in [4.69, 9.17) is 5.73 Å². The Morgan fingerprint density at radius 3 is 2.28 bits per heavy atom. The Labute approximate surface area is 171 Å². The van der Waals surface area contributed by atoms with Gasteiger partial charge in [0.05, 0.1) is 0 Å². The number of carbonyl (C=O) groups is 1. The molecule has 1 aliphatic heterocycles. The van der Waals surface area contributed by atoms with Crippen molar-refractivity contribution in [3.8, 4) is 11.1 Å². The number of amides is 1. The predicted octanol–water partition coefficient (Wildman–Crippen LogP) is 4.80. The Hall–Kier alpha value is -3.47. The van der Waals surface area contributed by atoms with E-state index in [0.717, 1.165) is 11.1 Å². The number of hydrogen-bond acceptors (Lipinski definition) is 3. The lowest BCUT2D eigenvalue weighted by molar-refractivity contribution is -0.129. The van der Waals surface area contributed by atoms with Crippen LogP contribution in [-0.4, -0.2) is 23.8 Å². The minimum atomic E-state index is -1.31. The van der Waals surface area contributed by atoms with Crippen molar-refractivity contribution in [2.24, 2.45) is 10.7 Å². The maximum Gasteiger partial charge on any atom is 0.266 e. The zero-order chi connectivity index (χ0) is 21.6. The summed E-state index contributed by atoms with van der Waals surface area (Å²) in [7, 11) is 1.59. The molecule has 4 nitrogen and oxygen atoms in total. The summed E-state index contributed by atoms with van der Waals surface area (Å²) in [6.07, 6.45) is 5.31. The first-order valence-electron chi connectivity index (χ1n) is 9.20. The van der Waals surface area contributed by atoms with E-state index in [1.54, 1.807) is 31.3 Å². The van der Waals surface area contributed by atoms with E-state index in [2.05, 4.69) is 18.2 Å². The molecule has 0 aromatic heterocycles. The predicted molar refractivity (Wildman–Crippen MR) is 118 cm³/mol. The summed E-state index contributed by atoms with van der Waals surface area (Å²) in [4.78, 5) is 18.8. The molecule has 2 N–H and O–H groups in total. The Bertz CT molecular complexity index is 993. The maximum atomic E-state index is 13.6. The van der Waals surface area contributed by atoms with Crippen LogP contribution in [0.2, 0.25) is 0 Å². The average molecular weight is 391 g/mol.